The Morgan fingerprint density at radius 2 is 1.54 bits per heavy atom. The summed E-state index contributed by atoms with van der Waals surface area (Å²) < 4.78 is 1.40. The summed E-state index contributed by atoms with van der Waals surface area (Å²) in [5.41, 5.74) is 0. The van der Waals surface area contributed by atoms with Gasteiger partial charge >= 0.3 is 99.9 Å². The quantitative estimate of drug-likeness (QED) is 0.415. The minimum Gasteiger partial charge on any atom is -0.402 e. The van der Waals surface area contributed by atoms with Crippen LogP contribution >= 0.6 is 0 Å². The largest absolute Gasteiger partial charge is 0.631 e. The molecule has 1 rings (SSSR count). The second-order valence-corrected chi connectivity index (χ2v) is 4.07. The van der Waals surface area contributed by atoms with Crippen molar-refractivity contribution in [3.63, 3.8) is 0 Å². The molecule has 0 saturated carbocycles. The summed E-state index contributed by atoms with van der Waals surface area (Å²) in [6.07, 6.45) is 0. The van der Waals surface area contributed by atoms with E-state index < -0.39 is 7.32 Å². The number of hydrogen-bond donors (Lipinski definition) is 3. The molecule has 1 aliphatic heterocycles. The summed E-state index contributed by atoms with van der Waals surface area (Å²) in [4.78, 5) is 4.97. The van der Waals surface area contributed by atoms with Crippen molar-refractivity contribution in [1.82, 2.24) is 9.80 Å². The van der Waals surface area contributed by atoms with Gasteiger partial charge in [0.2, 0.25) is 0 Å². The molecule has 0 aromatic rings. The smallest absolute Gasteiger partial charge is 0.402 e. The van der Waals surface area contributed by atoms with E-state index in [4.69, 9.17) is 15.1 Å². The maximum atomic E-state index is 7.17. The van der Waals surface area contributed by atoms with E-state index in [1.165, 1.54) is 26.8 Å². The first-order chi connectivity index (χ1) is 6.06. The van der Waals surface area contributed by atoms with Crippen molar-refractivity contribution in [3.8, 4) is 0 Å². The van der Waals surface area contributed by atoms with Gasteiger partial charge in [0.15, 0.2) is 0 Å². The van der Waals surface area contributed by atoms with E-state index in [2.05, 4.69) is 16.8 Å². The number of hydrogen-bond acceptors (Lipinski definition) is 5. The standard InChI is InChI=1S/C6H13N2.BH3O3.K/c1-7-3-5-8(2)6-4-7;2-1(3)4;/h1,3-6H2,2H3;2-4H;. The molecule has 1 heterocycles. The van der Waals surface area contributed by atoms with Crippen LogP contribution in [0.15, 0.2) is 0 Å². The van der Waals surface area contributed by atoms with E-state index in [0.717, 1.165) is 49.0 Å². The van der Waals surface area contributed by atoms with E-state index in [1.807, 2.05) is 0 Å². The Morgan fingerprint density at radius 1 is 1.15 bits per heavy atom. The number of nitrogens with zero attached hydrogens (tertiary/aromatic N) is 2. The topological polar surface area (TPSA) is 67.2 Å². The molecule has 0 amide bonds. The molecule has 0 aromatic heterocycles. The van der Waals surface area contributed by atoms with Gasteiger partial charge in [-0.05, 0) is 0 Å². The summed E-state index contributed by atoms with van der Waals surface area (Å²) in [6, 6.07) is 0. The van der Waals surface area contributed by atoms with Crippen molar-refractivity contribution in [2.45, 2.75) is 0 Å². The average Bonchev–Trinajstić information content (AvgIpc) is 2.05. The molecule has 0 radical (unpaired) electrons. The van der Waals surface area contributed by atoms with Gasteiger partial charge in [-0.15, -0.1) is 0 Å². The Labute approximate surface area is 113 Å². The zero-order valence-electron chi connectivity index (χ0n) is 8.35. The van der Waals surface area contributed by atoms with E-state index in [1.54, 1.807) is 0 Å². The summed E-state index contributed by atoms with van der Waals surface area (Å²) in [5.74, 6) is 0. The Bertz CT molecular complexity index is 120. The van der Waals surface area contributed by atoms with Gasteiger partial charge in [-0.1, -0.05) is 0 Å². The van der Waals surface area contributed by atoms with Gasteiger partial charge in [0.25, 0.3) is 0 Å². The third-order valence-corrected chi connectivity index (χ3v) is 3.44. The first kappa shape index (κ1) is 14.5. The van der Waals surface area contributed by atoms with Gasteiger partial charge in [-0.3, -0.25) is 0 Å². The van der Waals surface area contributed by atoms with Crippen LogP contribution in [0.3, 0.4) is 0 Å². The van der Waals surface area contributed by atoms with Crippen molar-refractivity contribution in [2.24, 2.45) is 0 Å². The molecule has 0 bridgehead atoms. The summed E-state index contributed by atoms with van der Waals surface area (Å²) in [7, 11) is 0.0361. The van der Waals surface area contributed by atoms with Gasteiger partial charge in [-0.2, -0.15) is 0 Å². The maximum Gasteiger partial charge on any atom is 0.631 e. The van der Waals surface area contributed by atoms with Gasteiger partial charge < -0.3 is 15.1 Å². The molecule has 1 fully saturated rings. The molecule has 0 atom stereocenters. The van der Waals surface area contributed by atoms with Crippen molar-refractivity contribution in [1.29, 1.82) is 0 Å². The minimum atomic E-state index is -2.17. The van der Waals surface area contributed by atoms with Crippen LogP contribution in [0.5, 0.6) is 0 Å². The van der Waals surface area contributed by atoms with Crippen LogP contribution in [0.4, 0.5) is 0 Å². The van der Waals surface area contributed by atoms with Crippen LogP contribution in [0.2, 0.25) is 0 Å². The summed E-state index contributed by atoms with van der Waals surface area (Å²) in [6.45, 7) is 5.16. The Balaban J connectivity index is 0.000000310. The van der Waals surface area contributed by atoms with Crippen LogP contribution in [0, 0.1) is 0 Å². The Hall–Kier alpha value is 1.50. The SMILES string of the molecule is CN1CCN([CH2][K])CC1.OB(O)O. The molecule has 1 saturated heterocycles. The first-order valence-corrected chi connectivity index (χ1v) is 6.72. The summed E-state index contributed by atoms with van der Waals surface area (Å²) in [5, 5.41) is 21.5. The molecule has 0 spiro atoms. The Kier molecular flexibility index (Phi) is 9.80. The monoisotopic (exact) mass is 214 g/mol. The van der Waals surface area contributed by atoms with Gasteiger partial charge in [-0.25, -0.2) is 0 Å². The number of likely N-dealkylation sites (N-methyl/N-ethyl adjacent to an activating group) is 1. The third kappa shape index (κ3) is 9.80. The molecule has 13 heavy (non-hydrogen) atoms. The molecule has 0 unspecified atom stereocenters. The molecule has 3 N–H and O–H groups in total. The van der Waals surface area contributed by atoms with Gasteiger partial charge in [0, 0.05) is 0 Å². The second kappa shape index (κ2) is 8.78. The van der Waals surface area contributed by atoms with Crippen LogP contribution in [0.25, 0.3) is 0 Å². The van der Waals surface area contributed by atoms with Crippen LogP contribution in [0.1, 0.15) is 0 Å². The second-order valence-electron chi connectivity index (χ2n) is 3.08. The van der Waals surface area contributed by atoms with Crippen LogP contribution < -0.4 is 0 Å². The van der Waals surface area contributed by atoms with Gasteiger partial charge in [0.05, 0.1) is 0 Å². The van der Waals surface area contributed by atoms with Crippen molar-refractivity contribution in [2.75, 3.05) is 33.9 Å². The van der Waals surface area contributed by atoms with Crippen molar-refractivity contribution >= 4 is 56.3 Å². The van der Waals surface area contributed by atoms with E-state index in [0.29, 0.717) is 0 Å². The maximum absolute atomic E-state index is 7.17. The molecule has 0 aromatic carbocycles. The molecule has 1 aliphatic rings. The number of piperazine rings is 1. The van der Waals surface area contributed by atoms with Crippen molar-refractivity contribution < 1.29 is 15.1 Å². The zero-order valence-corrected chi connectivity index (χ0v) is 11.5. The fourth-order valence-corrected chi connectivity index (χ4v) is 2.15. The van der Waals surface area contributed by atoms with Gasteiger partial charge in [0.1, 0.15) is 0 Å². The molecule has 0 aliphatic carbocycles. The fourth-order valence-electron chi connectivity index (χ4n) is 1.16. The number of rotatable bonds is 1. The van der Waals surface area contributed by atoms with Crippen LogP contribution in [-0.4, -0.2) is 115 Å². The first-order valence-electron chi connectivity index (χ1n) is 4.51. The molecule has 7 heteroatoms. The molecular formula is C6H16BKN2O3. The summed E-state index contributed by atoms with van der Waals surface area (Å²) >= 11 is 1.02. The average molecular weight is 214 g/mol. The predicted octanol–water partition coefficient (Wildman–Crippen LogP) is -2.69. The minimum absolute atomic E-state index is 1.02. The van der Waals surface area contributed by atoms with Crippen LogP contribution in [-0.2, 0) is 0 Å². The molecular weight excluding hydrogens is 198 g/mol. The normalized spacial score (nSPS) is 19.2. The zero-order chi connectivity index (χ0) is 10.3. The predicted molar refractivity (Wildman–Crippen MR) is 52.1 cm³/mol. The van der Waals surface area contributed by atoms with E-state index in [-0.39, 0.29) is 0 Å². The fraction of sp³-hybridized carbons (Fsp3) is 1.00. The molecule has 72 valence electrons. The van der Waals surface area contributed by atoms with Crippen molar-refractivity contribution in [3.05, 3.63) is 0 Å². The third-order valence-electron chi connectivity index (χ3n) is 2.04. The van der Waals surface area contributed by atoms with E-state index in [9.17, 15) is 0 Å². The molecule has 5 nitrogen and oxygen atoms in total. The Morgan fingerprint density at radius 3 is 1.85 bits per heavy atom. The van der Waals surface area contributed by atoms with E-state index >= 15 is 0 Å².